The normalized spacial score (nSPS) is 22.1. The molecule has 0 saturated heterocycles. The highest BCUT2D eigenvalue weighted by Crippen LogP contribution is 2.40. The van der Waals surface area contributed by atoms with Gasteiger partial charge in [-0.15, -0.1) is 0 Å². The molecular weight excluding hydrogens is 198 g/mol. The maximum Gasteiger partial charge on any atom is 0.0626 e. The molecule has 1 aromatic rings. The van der Waals surface area contributed by atoms with Gasteiger partial charge in [-0.2, -0.15) is 0 Å². The lowest BCUT2D eigenvalue weighted by Gasteiger charge is -2.17. The summed E-state index contributed by atoms with van der Waals surface area (Å²) in [5.41, 5.74) is 2.70. The summed E-state index contributed by atoms with van der Waals surface area (Å²) in [4.78, 5) is 0. The van der Waals surface area contributed by atoms with Crippen LogP contribution in [0.1, 0.15) is 48.8 Å². The van der Waals surface area contributed by atoms with Crippen LogP contribution in [0.4, 0.5) is 0 Å². The van der Waals surface area contributed by atoms with E-state index in [-0.39, 0.29) is 12.6 Å². The predicted octanol–water partition coefficient (Wildman–Crippen LogP) is 2.35. The minimum absolute atomic E-state index is 0.131. The first-order valence-electron chi connectivity index (χ1n) is 6.33. The summed E-state index contributed by atoms with van der Waals surface area (Å²) in [7, 11) is 0. The average molecular weight is 217 g/mol. The smallest absolute Gasteiger partial charge is 0.0626 e. The molecule has 2 aliphatic rings. The van der Waals surface area contributed by atoms with E-state index in [1.54, 1.807) is 0 Å². The molecule has 1 unspecified atom stereocenters. The summed E-state index contributed by atoms with van der Waals surface area (Å²) in [6.45, 7) is 0.199. The van der Waals surface area contributed by atoms with E-state index < -0.39 is 0 Å². The van der Waals surface area contributed by atoms with Crippen LogP contribution in [0.25, 0.3) is 0 Å². The van der Waals surface area contributed by atoms with Crippen molar-refractivity contribution in [1.82, 2.24) is 5.32 Å². The highest BCUT2D eigenvalue weighted by Gasteiger charge is 2.27. The molecule has 0 radical (unpaired) electrons. The minimum Gasteiger partial charge on any atom is -0.394 e. The van der Waals surface area contributed by atoms with Gasteiger partial charge in [-0.3, -0.25) is 0 Å². The first kappa shape index (κ1) is 10.3. The van der Waals surface area contributed by atoms with E-state index in [4.69, 9.17) is 0 Å². The molecule has 2 nitrogen and oxygen atoms in total. The zero-order valence-electron chi connectivity index (χ0n) is 9.52. The monoisotopic (exact) mass is 217 g/mol. The topological polar surface area (TPSA) is 32.3 Å². The highest BCUT2D eigenvalue weighted by atomic mass is 16.3. The molecule has 0 aromatic heterocycles. The Hall–Kier alpha value is -0.860. The summed E-state index contributed by atoms with van der Waals surface area (Å²) < 4.78 is 0. The van der Waals surface area contributed by atoms with Crippen LogP contribution in [-0.4, -0.2) is 17.8 Å². The molecule has 16 heavy (non-hydrogen) atoms. The van der Waals surface area contributed by atoms with Crippen molar-refractivity contribution in [2.24, 2.45) is 0 Å². The number of aliphatic hydroxyl groups is 1. The number of hydrogen-bond donors (Lipinski definition) is 2. The van der Waals surface area contributed by atoms with Crippen LogP contribution < -0.4 is 5.32 Å². The van der Waals surface area contributed by atoms with E-state index in [9.17, 15) is 5.11 Å². The second-order valence-electron chi connectivity index (χ2n) is 5.12. The van der Waals surface area contributed by atoms with Crippen LogP contribution in [0.3, 0.4) is 0 Å². The predicted molar refractivity (Wildman–Crippen MR) is 64.4 cm³/mol. The third-order valence-electron chi connectivity index (χ3n) is 3.56. The highest BCUT2D eigenvalue weighted by molar-refractivity contribution is 5.31. The molecule has 86 valence electrons. The molecule has 1 aromatic carbocycles. The van der Waals surface area contributed by atoms with E-state index in [1.165, 1.54) is 36.8 Å². The van der Waals surface area contributed by atoms with Crippen LogP contribution in [0.5, 0.6) is 0 Å². The molecule has 3 rings (SSSR count). The van der Waals surface area contributed by atoms with Gasteiger partial charge in [-0.25, -0.2) is 0 Å². The molecule has 0 bridgehead atoms. The third kappa shape index (κ3) is 2.28. The van der Waals surface area contributed by atoms with Gasteiger partial charge in [0.15, 0.2) is 0 Å². The second-order valence-corrected chi connectivity index (χ2v) is 5.12. The molecule has 2 aliphatic carbocycles. The van der Waals surface area contributed by atoms with Crippen LogP contribution in [0, 0.1) is 0 Å². The zero-order valence-corrected chi connectivity index (χ0v) is 9.52. The lowest BCUT2D eigenvalue weighted by molar-refractivity contribution is 0.243. The van der Waals surface area contributed by atoms with E-state index in [2.05, 4.69) is 29.6 Å². The van der Waals surface area contributed by atoms with Crippen LogP contribution in [-0.2, 0) is 0 Å². The summed E-state index contributed by atoms with van der Waals surface area (Å²) in [5, 5.41) is 12.9. The number of nitrogens with one attached hydrogen (secondary N) is 1. The molecule has 2 N–H and O–H groups in total. The Bertz CT molecular complexity index is 369. The van der Waals surface area contributed by atoms with Gasteiger partial charge in [0.1, 0.15) is 0 Å². The lowest BCUT2D eigenvalue weighted by Crippen LogP contribution is -2.26. The van der Waals surface area contributed by atoms with Crippen molar-refractivity contribution in [1.29, 1.82) is 0 Å². The van der Waals surface area contributed by atoms with E-state index in [1.807, 2.05) is 0 Å². The Labute approximate surface area is 96.7 Å². The molecule has 2 fully saturated rings. The number of benzene rings is 1. The van der Waals surface area contributed by atoms with Gasteiger partial charge in [0.05, 0.1) is 12.6 Å². The van der Waals surface area contributed by atoms with Crippen molar-refractivity contribution in [3.63, 3.8) is 0 Å². The molecule has 0 spiro atoms. The van der Waals surface area contributed by atoms with Gasteiger partial charge in [0.25, 0.3) is 0 Å². The van der Waals surface area contributed by atoms with Gasteiger partial charge in [0.2, 0.25) is 0 Å². The minimum atomic E-state index is 0.131. The largest absolute Gasteiger partial charge is 0.394 e. The number of aliphatic hydroxyl groups excluding tert-OH is 1. The molecule has 2 saturated carbocycles. The Morgan fingerprint density at radius 3 is 2.69 bits per heavy atom. The third-order valence-corrected chi connectivity index (χ3v) is 3.56. The fourth-order valence-electron chi connectivity index (χ4n) is 2.24. The van der Waals surface area contributed by atoms with Crippen LogP contribution in [0.2, 0.25) is 0 Å². The number of rotatable bonds is 5. The Balaban J connectivity index is 1.76. The SMILES string of the molecule is OCC(NC1CC1)c1cccc(C2CC2)c1. The quantitative estimate of drug-likeness (QED) is 0.793. The molecular formula is C14H19NO. The first-order valence-corrected chi connectivity index (χ1v) is 6.33. The fourth-order valence-corrected chi connectivity index (χ4v) is 2.24. The van der Waals surface area contributed by atoms with Crippen molar-refractivity contribution in [3.05, 3.63) is 35.4 Å². The lowest BCUT2D eigenvalue weighted by atomic mass is 10.0. The number of hydrogen-bond acceptors (Lipinski definition) is 2. The van der Waals surface area contributed by atoms with Crippen molar-refractivity contribution < 1.29 is 5.11 Å². The van der Waals surface area contributed by atoms with E-state index in [0.29, 0.717) is 6.04 Å². The van der Waals surface area contributed by atoms with Crippen LogP contribution >= 0.6 is 0 Å². The Morgan fingerprint density at radius 2 is 2.06 bits per heavy atom. The van der Waals surface area contributed by atoms with E-state index >= 15 is 0 Å². The van der Waals surface area contributed by atoms with Gasteiger partial charge < -0.3 is 10.4 Å². The second kappa shape index (κ2) is 4.19. The molecule has 0 heterocycles. The van der Waals surface area contributed by atoms with Crippen molar-refractivity contribution in [2.75, 3.05) is 6.61 Å². The molecule has 0 aliphatic heterocycles. The maximum absolute atomic E-state index is 9.44. The fraction of sp³-hybridized carbons (Fsp3) is 0.571. The Kier molecular flexibility index (Phi) is 2.70. The van der Waals surface area contributed by atoms with Crippen molar-refractivity contribution >= 4 is 0 Å². The van der Waals surface area contributed by atoms with E-state index in [0.717, 1.165) is 5.92 Å². The first-order chi connectivity index (χ1) is 7.86. The summed E-state index contributed by atoms with van der Waals surface area (Å²) in [6.07, 6.45) is 5.20. The van der Waals surface area contributed by atoms with Gasteiger partial charge in [-0.1, -0.05) is 24.3 Å². The van der Waals surface area contributed by atoms with Gasteiger partial charge in [0, 0.05) is 6.04 Å². The zero-order chi connectivity index (χ0) is 11.0. The van der Waals surface area contributed by atoms with Gasteiger partial charge >= 0.3 is 0 Å². The van der Waals surface area contributed by atoms with Crippen molar-refractivity contribution in [3.8, 4) is 0 Å². The van der Waals surface area contributed by atoms with Gasteiger partial charge in [-0.05, 0) is 42.7 Å². The summed E-state index contributed by atoms with van der Waals surface area (Å²) in [5.74, 6) is 0.792. The maximum atomic E-state index is 9.44. The average Bonchev–Trinajstić information content (AvgIpc) is 3.18. The summed E-state index contributed by atoms with van der Waals surface area (Å²) >= 11 is 0. The molecule has 0 amide bonds. The Morgan fingerprint density at radius 1 is 1.25 bits per heavy atom. The standard InChI is InChI=1S/C14H19NO/c16-9-14(15-13-6-7-13)12-3-1-2-11(8-12)10-4-5-10/h1-3,8,10,13-16H,4-7,9H2. The summed E-state index contributed by atoms with van der Waals surface area (Å²) in [6, 6.07) is 9.51. The van der Waals surface area contributed by atoms with Crippen LogP contribution in [0.15, 0.2) is 24.3 Å². The molecule has 2 heteroatoms. The molecule has 1 atom stereocenters. The van der Waals surface area contributed by atoms with Crippen molar-refractivity contribution in [2.45, 2.75) is 43.7 Å².